The summed E-state index contributed by atoms with van der Waals surface area (Å²) in [6.45, 7) is 2.54. The van der Waals surface area contributed by atoms with Gasteiger partial charge in [0.15, 0.2) is 0 Å². The predicted octanol–water partition coefficient (Wildman–Crippen LogP) is 4.11. The number of fused-ring (bicyclic) bond motifs is 1. The number of nitrogens with zero attached hydrogens (tertiary/aromatic N) is 2. The first-order valence-corrected chi connectivity index (χ1v) is 8.97. The molecule has 0 saturated heterocycles. The van der Waals surface area contributed by atoms with Crippen molar-refractivity contribution < 1.29 is 0 Å². The van der Waals surface area contributed by atoms with Crippen LogP contribution in [-0.2, 0) is 0 Å². The molecule has 0 radical (unpaired) electrons. The molecular formula is C19H19N5S. The summed E-state index contributed by atoms with van der Waals surface area (Å²) in [5, 5.41) is 4.59. The van der Waals surface area contributed by atoms with Crippen LogP contribution in [0, 0.1) is 6.92 Å². The van der Waals surface area contributed by atoms with Crippen molar-refractivity contribution in [2.24, 2.45) is 5.73 Å². The Kier molecular flexibility index (Phi) is 4.21. The van der Waals surface area contributed by atoms with E-state index in [-0.39, 0.29) is 6.04 Å². The number of hydrogen-bond acceptors (Lipinski definition) is 5. The zero-order valence-corrected chi connectivity index (χ0v) is 14.7. The number of anilines is 1. The molecule has 126 valence electrons. The van der Waals surface area contributed by atoms with Crippen molar-refractivity contribution in [1.82, 2.24) is 15.0 Å². The van der Waals surface area contributed by atoms with Crippen LogP contribution < -0.4 is 11.1 Å². The van der Waals surface area contributed by atoms with E-state index < -0.39 is 0 Å². The summed E-state index contributed by atoms with van der Waals surface area (Å²) in [6.07, 6.45) is 3.63. The summed E-state index contributed by atoms with van der Waals surface area (Å²) in [6, 6.07) is 14.7. The average Bonchev–Trinajstić information content (AvgIpc) is 3.28. The lowest BCUT2D eigenvalue weighted by atomic mass is 10.0. The largest absolute Gasteiger partial charge is 0.377 e. The first kappa shape index (κ1) is 15.8. The molecule has 1 unspecified atom stereocenters. The first-order chi connectivity index (χ1) is 12.2. The SMILES string of the molecule is Cc1ncc(-c2ccc(C(CN)Nc3ccc4nc[nH]c4c3)cc2)s1. The molecule has 4 aromatic rings. The molecule has 0 aliphatic heterocycles. The summed E-state index contributed by atoms with van der Waals surface area (Å²) < 4.78 is 0. The van der Waals surface area contributed by atoms with Crippen molar-refractivity contribution in [3.05, 3.63) is 65.6 Å². The summed E-state index contributed by atoms with van der Waals surface area (Å²) >= 11 is 1.70. The lowest BCUT2D eigenvalue weighted by molar-refractivity contribution is 0.790. The number of hydrogen-bond donors (Lipinski definition) is 3. The van der Waals surface area contributed by atoms with Gasteiger partial charge in [0.05, 0.1) is 33.3 Å². The number of nitrogens with one attached hydrogen (secondary N) is 2. The van der Waals surface area contributed by atoms with Crippen LogP contribution in [-0.4, -0.2) is 21.5 Å². The highest BCUT2D eigenvalue weighted by atomic mass is 32.1. The Balaban J connectivity index is 1.55. The Bertz CT molecular complexity index is 986. The van der Waals surface area contributed by atoms with Gasteiger partial charge in [0, 0.05) is 18.4 Å². The van der Waals surface area contributed by atoms with Gasteiger partial charge in [-0.1, -0.05) is 24.3 Å². The molecule has 0 amide bonds. The standard InChI is InChI=1S/C19H19N5S/c1-12-21-10-19(25-12)14-4-2-13(3-5-14)18(9-20)24-15-6-7-16-17(8-15)23-11-22-16/h2-8,10-11,18,24H,9,20H2,1H3,(H,22,23). The van der Waals surface area contributed by atoms with E-state index in [0.29, 0.717) is 6.54 Å². The topological polar surface area (TPSA) is 79.6 Å². The van der Waals surface area contributed by atoms with Crippen molar-refractivity contribution in [3.8, 4) is 10.4 Å². The molecule has 4 rings (SSSR count). The number of imidazole rings is 1. The summed E-state index contributed by atoms with van der Waals surface area (Å²) in [5.74, 6) is 0. The van der Waals surface area contributed by atoms with E-state index in [9.17, 15) is 0 Å². The summed E-state index contributed by atoms with van der Waals surface area (Å²) in [4.78, 5) is 12.9. The van der Waals surface area contributed by atoms with E-state index in [1.54, 1.807) is 17.7 Å². The Morgan fingerprint density at radius 2 is 2.00 bits per heavy atom. The number of benzene rings is 2. The Hall–Kier alpha value is -2.70. The molecular weight excluding hydrogens is 330 g/mol. The van der Waals surface area contributed by atoms with Crippen molar-refractivity contribution in [2.75, 3.05) is 11.9 Å². The van der Waals surface area contributed by atoms with Crippen LogP contribution in [0.1, 0.15) is 16.6 Å². The minimum atomic E-state index is 0.0534. The molecule has 0 spiro atoms. The van der Waals surface area contributed by atoms with Gasteiger partial charge in [0.25, 0.3) is 0 Å². The van der Waals surface area contributed by atoms with Crippen LogP contribution in [0.15, 0.2) is 55.0 Å². The van der Waals surface area contributed by atoms with E-state index in [0.717, 1.165) is 27.3 Å². The number of H-pyrrole nitrogens is 1. The van der Waals surface area contributed by atoms with E-state index in [4.69, 9.17) is 5.73 Å². The number of thiazole rings is 1. The molecule has 0 aliphatic rings. The molecule has 6 heteroatoms. The maximum absolute atomic E-state index is 6.01. The van der Waals surface area contributed by atoms with Crippen LogP contribution >= 0.6 is 11.3 Å². The van der Waals surface area contributed by atoms with Gasteiger partial charge in [-0.3, -0.25) is 0 Å². The van der Waals surface area contributed by atoms with Crippen LogP contribution in [0.25, 0.3) is 21.5 Å². The molecule has 5 nitrogen and oxygen atoms in total. The van der Waals surface area contributed by atoms with E-state index in [2.05, 4.69) is 50.6 Å². The highest BCUT2D eigenvalue weighted by Crippen LogP contribution is 2.28. The monoisotopic (exact) mass is 349 g/mol. The second kappa shape index (κ2) is 6.66. The third kappa shape index (κ3) is 3.26. The minimum Gasteiger partial charge on any atom is -0.377 e. The predicted molar refractivity (Wildman–Crippen MR) is 104 cm³/mol. The third-order valence-corrected chi connectivity index (χ3v) is 5.18. The average molecular weight is 349 g/mol. The Labute approximate surface area is 150 Å². The van der Waals surface area contributed by atoms with Crippen LogP contribution in [0.5, 0.6) is 0 Å². The molecule has 2 aromatic heterocycles. The number of aryl methyl sites for hydroxylation is 1. The van der Waals surface area contributed by atoms with Gasteiger partial charge in [-0.2, -0.15) is 0 Å². The fraction of sp³-hybridized carbons (Fsp3) is 0.158. The van der Waals surface area contributed by atoms with Crippen LogP contribution in [0.3, 0.4) is 0 Å². The highest BCUT2D eigenvalue weighted by molar-refractivity contribution is 7.15. The third-order valence-electron chi connectivity index (χ3n) is 4.22. The van der Waals surface area contributed by atoms with Gasteiger partial charge >= 0.3 is 0 Å². The highest BCUT2D eigenvalue weighted by Gasteiger charge is 2.11. The molecule has 0 aliphatic carbocycles. The van der Waals surface area contributed by atoms with Gasteiger partial charge < -0.3 is 16.0 Å². The number of aromatic nitrogens is 3. The van der Waals surface area contributed by atoms with E-state index in [1.807, 2.05) is 25.3 Å². The lowest BCUT2D eigenvalue weighted by Crippen LogP contribution is -2.20. The van der Waals surface area contributed by atoms with Gasteiger partial charge in [-0.25, -0.2) is 9.97 Å². The molecule has 25 heavy (non-hydrogen) atoms. The minimum absolute atomic E-state index is 0.0534. The Morgan fingerprint density at radius 1 is 1.16 bits per heavy atom. The van der Waals surface area contributed by atoms with E-state index >= 15 is 0 Å². The number of rotatable bonds is 5. The number of aromatic amines is 1. The van der Waals surface area contributed by atoms with Gasteiger partial charge in [-0.15, -0.1) is 11.3 Å². The normalized spacial score (nSPS) is 12.4. The molecule has 0 bridgehead atoms. The van der Waals surface area contributed by atoms with Crippen molar-refractivity contribution >= 4 is 28.1 Å². The van der Waals surface area contributed by atoms with E-state index in [1.165, 1.54) is 10.4 Å². The zero-order valence-electron chi connectivity index (χ0n) is 13.9. The van der Waals surface area contributed by atoms with Crippen LogP contribution in [0.2, 0.25) is 0 Å². The lowest BCUT2D eigenvalue weighted by Gasteiger charge is -2.19. The fourth-order valence-electron chi connectivity index (χ4n) is 2.88. The molecule has 1 atom stereocenters. The van der Waals surface area contributed by atoms with Gasteiger partial charge in [0.2, 0.25) is 0 Å². The zero-order chi connectivity index (χ0) is 17.2. The fourth-order valence-corrected chi connectivity index (χ4v) is 3.66. The number of nitrogens with two attached hydrogens (primary N) is 1. The summed E-state index contributed by atoms with van der Waals surface area (Å²) in [5.41, 5.74) is 11.3. The molecule has 4 N–H and O–H groups in total. The van der Waals surface area contributed by atoms with Crippen molar-refractivity contribution in [2.45, 2.75) is 13.0 Å². The molecule has 0 fully saturated rings. The second-order valence-corrected chi connectivity index (χ2v) is 7.17. The van der Waals surface area contributed by atoms with Gasteiger partial charge in [0.1, 0.15) is 0 Å². The Morgan fingerprint density at radius 3 is 2.72 bits per heavy atom. The van der Waals surface area contributed by atoms with Crippen molar-refractivity contribution in [3.63, 3.8) is 0 Å². The summed E-state index contributed by atoms with van der Waals surface area (Å²) in [7, 11) is 0. The molecule has 2 aromatic carbocycles. The van der Waals surface area contributed by atoms with Crippen LogP contribution in [0.4, 0.5) is 5.69 Å². The maximum atomic E-state index is 6.01. The second-order valence-electron chi connectivity index (χ2n) is 5.93. The molecule has 0 saturated carbocycles. The first-order valence-electron chi connectivity index (χ1n) is 8.15. The smallest absolute Gasteiger partial charge is 0.0931 e. The van der Waals surface area contributed by atoms with Crippen molar-refractivity contribution in [1.29, 1.82) is 0 Å². The quantitative estimate of drug-likeness (QED) is 0.507. The maximum Gasteiger partial charge on any atom is 0.0931 e. The molecule has 2 heterocycles. The van der Waals surface area contributed by atoms with Gasteiger partial charge in [-0.05, 0) is 36.2 Å².